The number of nitrogens with two attached hydrogens (primary N) is 1. The van der Waals surface area contributed by atoms with Gasteiger partial charge in [0, 0.05) is 38.4 Å². The fourth-order valence-corrected chi connectivity index (χ4v) is 3.61. The molecule has 4 nitrogen and oxygen atoms in total. The molecular formula is C17H23FN4. The number of anilines is 1. The molecule has 1 spiro atoms. The van der Waals surface area contributed by atoms with Gasteiger partial charge < -0.3 is 15.5 Å². The monoisotopic (exact) mass is 302 g/mol. The largest absolute Gasteiger partial charge is 0.370 e. The van der Waals surface area contributed by atoms with Crippen LogP contribution in [0.1, 0.15) is 19.3 Å². The molecule has 0 bridgehead atoms. The number of rotatable bonds is 3. The summed E-state index contributed by atoms with van der Waals surface area (Å²) in [4.78, 5) is 9.04. The van der Waals surface area contributed by atoms with E-state index in [4.69, 9.17) is 5.73 Å². The van der Waals surface area contributed by atoms with Crippen LogP contribution >= 0.6 is 0 Å². The second-order valence-electron chi connectivity index (χ2n) is 6.91. The number of hydrogen-bond donors (Lipinski definition) is 1. The van der Waals surface area contributed by atoms with Gasteiger partial charge in [-0.25, -0.2) is 4.39 Å². The van der Waals surface area contributed by atoms with Gasteiger partial charge in [-0.05, 0) is 54.9 Å². The van der Waals surface area contributed by atoms with Gasteiger partial charge in [0.1, 0.15) is 5.82 Å². The van der Waals surface area contributed by atoms with Crippen molar-refractivity contribution in [2.24, 2.45) is 22.1 Å². The Morgan fingerprint density at radius 1 is 1.18 bits per heavy atom. The maximum Gasteiger partial charge on any atom is 0.191 e. The van der Waals surface area contributed by atoms with Gasteiger partial charge in [-0.15, -0.1) is 0 Å². The minimum atomic E-state index is -0.188. The number of nitrogens with zero attached hydrogens (tertiary/aromatic N) is 3. The first kappa shape index (κ1) is 13.9. The molecule has 0 radical (unpaired) electrons. The maximum atomic E-state index is 13.0. The van der Waals surface area contributed by atoms with Crippen LogP contribution in [0.15, 0.2) is 29.3 Å². The van der Waals surface area contributed by atoms with Gasteiger partial charge in [-0.3, -0.25) is 4.99 Å². The maximum absolute atomic E-state index is 13.0. The van der Waals surface area contributed by atoms with Crippen molar-refractivity contribution < 1.29 is 4.39 Å². The second kappa shape index (κ2) is 5.14. The van der Waals surface area contributed by atoms with Crippen LogP contribution in [0.5, 0.6) is 0 Å². The van der Waals surface area contributed by atoms with Crippen molar-refractivity contribution in [3.63, 3.8) is 0 Å². The first-order valence-electron chi connectivity index (χ1n) is 8.22. The van der Waals surface area contributed by atoms with Crippen molar-refractivity contribution in [2.45, 2.75) is 19.3 Å². The predicted octanol–water partition coefficient (Wildman–Crippen LogP) is 2.06. The minimum absolute atomic E-state index is 0.188. The molecule has 5 heteroatoms. The summed E-state index contributed by atoms with van der Waals surface area (Å²) in [6, 6.07) is 6.71. The van der Waals surface area contributed by atoms with Gasteiger partial charge in [0.15, 0.2) is 5.96 Å². The van der Waals surface area contributed by atoms with Crippen LogP contribution in [0, 0.1) is 17.2 Å². The third kappa shape index (κ3) is 2.64. The Morgan fingerprint density at radius 3 is 2.45 bits per heavy atom. The van der Waals surface area contributed by atoms with E-state index in [1.807, 2.05) is 12.1 Å². The summed E-state index contributed by atoms with van der Waals surface area (Å²) < 4.78 is 13.0. The molecule has 1 heterocycles. The highest BCUT2D eigenvalue weighted by Gasteiger charge is 2.62. The third-order valence-corrected chi connectivity index (χ3v) is 5.52. The highest BCUT2D eigenvalue weighted by atomic mass is 19.1. The van der Waals surface area contributed by atoms with Crippen molar-refractivity contribution >= 4 is 11.6 Å². The Morgan fingerprint density at radius 2 is 1.86 bits per heavy atom. The summed E-state index contributed by atoms with van der Waals surface area (Å²) in [7, 11) is 0. The predicted molar refractivity (Wildman–Crippen MR) is 86.4 cm³/mol. The van der Waals surface area contributed by atoms with E-state index in [0.29, 0.717) is 11.4 Å². The number of aliphatic imine (C=N–C) groups is 1. The summed E-state index contributed by atoms with van der Waals surface area (Å²) in [5.74, 6) is 1.31. The minimum Gasteiger partial charge on any atom is -0.370 e. The molecule has 2 saturated carbocycles. The molecule has 4 rings (SSSR count). The molecule has 2 aliphatic carbocycles. The summed E-state index contributed by atoms with van der Waals surface area (Å²) in [5, 5.41) is 0. The molecule has 3 fully saturated rings. The van der Waals surface area contributed by atoms with Crippen LogP contribution in [0.25, 0.3) is 0 Å². The van der Waals surface area contributed by atoms with Crippen molar-refractivity contribution in [3.8, 4) is 0 Å². The molecular weight excluding hydrogens is 279 g/mol. The van der Waals surface area contributed by atoms with Gasteiger partial charge in [0.2, 0.25) is 0 Å². The van der Waals surface area contributed by atoms with Gasteiger partial charge in [0.05, 0.1) is 0 Å². The van der Waals surface area contributed by atoms with Gasteiger partial charge >= 0.3 is 0 Å². The average molecular weight is 302 g/mol. The fourth-order valence-electron chi connectivity index (χ4n) is 3.61. The Balaban J connectivity index is 1.29. The summed E-state index contributed by atoms with van der Waals surface area (Å²) in [6.45, 7) is 4.46. The van der Waals surface area contributed by atoms with Crippen LogP contribution in [-0.4, -0.2) is 43.6 Å². The molecule has 1 aliphatic heterocycles. The smallest absolute Gasteiger partial charge is 0.191 e. The van der Waals surface area contributed by atoms with Gasteiger partial charge in [0.25, 0.3) is 0 Å². The Labute approximate surface area is 130 Å². The number of benzene rings is 1. The molecule has 1 aromatic rings. The molecule has 1 aromatic carbocycles. The normalized spacial score (nSPS) is 26.4. The van der Waals surface area contributed by atoms with Crippen molar-refractivity contribution in [1.29, 1.82) is 0 Å². The first-order chi connectivity index (χ1) is 10.7. The van der Waals surface area contributed by atoms with Crippen molar-refractivity contribution in [3.05, 3.63) is 30.1 Å². The van der Waals surface area contributed by atoms with Crippen LogP contribution in [0.2, 0.25) is 0 Å². The van der Waals surface area contributed by atoms with Gasteiger partial charge in [-0.1, -0.05) is 0 Å². The summed E-state index contributed by atoms with van der Waals surface area (Å²) >= 11 is 0. The molecule has 3 aliphatic rings. The van der Waals surface area contributed by atoms with Crippen LogP contribution in [-0.2, 0) is 0 Å². The summed E-state index contributed by atoms with van der Waals surface area (Å²) in [5.41, 5.74) is 7.92. The van der Waals surface area contributed by atoms with E-state index in [2.05, 4.69) is 14.8 Å². The molecule has 1 saturated heterocycles. The van der Waals surface area contributed by atoms with E-state index in [9.17, 15) is 4.39 Å². The Bertz CT molecular complexity index is 571. The van der Waals surface area contributed by atoms with E-state index in [-0.39, 0.29) is 5.82 Å². The highest BCUT2D eigenvalue weighted by molar-refractivity contribution is 5.78. The number of piperazine rings is 1. The lowest BCUT2D eigenvalue weighted by molar-refractivity contribution is 0.380. The molecule has 0 aromatic heterocycles. The molecule has 2 N–H and O–H groups in total. The summed E-state index contributed by atoms with van der Waals surface area (Å²) in [6.07, 6.45) is 4.18. The number of halogens is 1. The number of guanidine groups is 1. The first-order valence-corrected chi connectivity index (χ1v) is 8.22. The lowest BCUT2D eigenvalue weighted by Crippen LogP contribution is -2.51. The quantitative estimate of drug-likeness (QED) is 0.687. The Kier molecular flexibility index (Phi) is 3.24. The lowest BCUT2D eigenvalue weighted by Gasteiger charge is -2.36. The zero-order valence-corrected chi connectivity index (χ0v) is 12.8. The average Bonchev–Trinajstić information content (AvgIpc) is 3.46. The lowest BCUT2D eigenvalue weighted by atomic mass is 10.2. The van der Waals surface area contributed by atoms with Crippen LogP contribution in [0.3, 0.4) is 0 Å². The molecule has 0 amide bonds. The van der Waals surface area contributed by atoms with E-state index in [1.54, 1.807) is 0 Å². The van der Waals surface area contributed by atoms with Crippen molar-refractivity contribution in [2.75, 3.05) is 37.6 Å². The standard InChI is InChI=1S/C17H23FN4/c18-14-1-3-15(4-2-14)21-7-9-22(10-8-21)16(19)20-12-13-11-17(13)5-6-17/h1-4,13H,5-12H2,(H2,19,20). The van der Waals surface area contributed by atoms with Crippen LogP contribution in [0.4, 0.5) is 10.1 Å². The van der Waals surface area contributed by atoms with Gasteiger partial charge in [-0.2, -0.15) is 0 Å². The molecule has 1 unspecified atom stereocenters. The zero-order chi connectivity index (χ0) is 15.2. The van der Waals surface area contributed by atoms with E-state index >= 15 is 0 Å². The molecule has 118 valence electrons. The topological polar surface area (TPSA) is 44.9 Å². The zero-order valence-electron chi connectivity index (χ0n) is 12.8. The molecule has 1 atom stereocenters. The SMILES string of the molecule is NC(=NCC1CC12CC2)N1CCN(c2ccc(F)cc2)CC1. The fraction of sp³-hybridized carbons (Fsp3) is 0.588. The second-order valence-corrected chi connectivity index (χ2v) is 6.91. The Hall–Kier alpha value is -1.78. The van der Waals surface area contributed by atoms with Crippen LogP contribution < -0.4 is 10.6 Å². The molecule has 22 heavy (non-hydrogen) atoms. The van der Waals surface area contributed by atoms with E-state index in [0.717, 1.165) is 44.3 Å². The van der Waals surface area contributed by atoms with Crippen molar-refractivity contribution in [1.82, 2.24) is 4.90 Å². The van der Waals surface area contributed by atoms with E-state index < -0.39 is 0 Å². The third-order valence-electron chi connectivity index (χ3n) is 5.52. The number of hydrogen-bond acceptors (Lipinski definition) is 2. The van der Waals surface area contributed by atoms with E-state index in [1.165, 1.54) is 31.4 Å². The highest BCUT2D eigenvalue weighted by Crippen LogP contribution is 2.70.